The summed E-state index contributed by atoms with van der Waals surface area (Å²) < 4.78 is 27.0. The maximum Gasteiger partial charge on any atom is 0.244 e. The van der Waals surface area contributed by atoms with Gasteiger partial charge in [-0.15, -0.1) is 0 Å². The van der Waals surface area contributed by atoms with E-state index >= 15 is 0 Å². The van der Waals surface area contributed by atoms with Gasteiger partial charge in [0, 0.05) is 48.8 Å². The fourth-order valence-electron chi connectivity index (χ4n) is 4.40. The molecule has 3 heterocycles. The summed E-state index contributed by atoms with van der Waals surface area (Å²) in [7, 11) is -3.45. The first-order valence-corrected chi connectivity index (χ1v) is 12.4. The topological polar surface area (TPSA) is 78.1 Å². The lowest BCUT2D eigenvalue weighted by Gasteiger charge is -2.19. The molecule has 1 aliphatic rings. The van der Waals surface area contributed by atoms with Crippen molar-refractivity contribution in [3.05, 3.63) is 90.3 Å². The minimum Gasteiger partial charge on any atom is -0.369 e. The van der Waals surface area contributed by atoms with Gasteiger partial charge in [-0.05, 0) is 42.2 Å². The van der Waals surface area contributed by atoms with Crippen LogP contribution in [0, 0.1) is 0 Å². The first kappa shape index (κ1) is 20.7. The number of sulfonamides is 1. The van der Waals surface area contributed by atoms with Gasteiger partial charge in [0.15, 0.2) is 0 Å². The van der Waals surface area contributed by atoms with Crippen LogP contribution in [-0.4, -0.2) is 42.3 Å². The SMILES string of the molecule is O=S(=O)(c1ccc(NC[C@H](c2ccccc2)c2c[nH]c3ccccc23)nc1)N1CCCC1. The standard InChI is InChI=1S/C25H26N4O2S/c30-32(31,29-14-6-7-15-29)20-12-13-25(27-16-20)28-17-22(19-8-2-1-3-9-19)23-18-26-24-11-5-4-10-21(23)24/h1-5,8-13,16,18,22,26H,6-7,14-15,17H2,(H,27,28)/t22-/m1/s1. The summed E-state index contributed by atoms with van der Waals surface area (Å²) in [5, 5.41) is 4.61. The van der Waals surface area contributed by atoms with Gasteiger partial charge < -0.3 is 10.3 Å². The van der Waals surface area contributed by atoms with E-state index in [9.17, 15) is 8.42 Å². The summed E-state index contributed by atoms with van der Waals surface area (Å²) in [6.07, 6.45) is 5.37. The van der Waals surface area contributed by atoms with E-state index in [-0.39, 0.29) is 10.8 Å². The molecule has 0 spiro atoms. The molecule has 32 heavy (non-hydrogen) atoms. The Labute approximate surface area is 188 Å². The zero-order chi connectivity index (χ0) is 22.0. The summed E-state index contributed by atoms with van der Waals surface area (Å²) in [4.78, 5) is 8.02. The van der Waals surface area contributed by atoms with Gasteiger partial charge in [-0.25, -0.2) is 13.4 Å². The van der Waals surface area contributed by atoms with Gasteiger partial charge in [-0.1, -0.05) is 48.5 Å². The van der Waals surface area contributed by atoms with E-state index in [0.717, 1.165) is 18.4 Å². The van der Waals surface area contributed by atoms with E-state index in [1.807, 2.05) is 24.3 Å². The molecule has 0 aliphatic carbocycles. The minimum atomic E-state index is -3.45. The highest BCUT2D eigenvalue weighted by Gasteiger charge is 2.27. The highest BCUT2D eigenvalue weighted by molar-refractivity contribution is 7.89. The molecule has 4 aromatic rings. The first-order chi connectivity index (χ1) is 15.6. The molecule has 0 bridgehead atoms. The molecule has 0 amide bonds. The number of para-hydroxylation sites is 1. The van der Waals surface area contributed by atoms with Crippen LogP contribution in [0.2, 0.25) is 0 Å². The van der Waals surface area contributed by atoms with Crippen LogP contribution in [0.25, 0.3) is 10.9 Å². The normalized spacial score (nSPS) is 15.8. The Balaban J connectivity index is 1.38. The second kappa shape index (κ2) is 8.76. The maximum absolute atomic E-state index is 12.7. The number of aromatic nitrogens is 2. The lowest BCUT2D eigenvalue weighted by Crippen LogP contribution is -2.28. The molecule has 1 saturated heterocycles. The summed E-state index contributed by atoms with van der Waals surface area (Å²) >= 11 is 0. The highest BCUT2D eigenvalue weighted by atomic mass is 32.2. The number of nitrogens with one attached hydrogen (secondary N) is 2. The second-order valence-corrected chi connectivity index (χ2v) is 10.1. The Hall–Kier alpha value is -3.16. The van der Waals surface area contributed by atoms with Crippen molar-refractivity contribution >= 4 is 26.7 Å². The molecular formula is C25H26N4O2S. The van der Waals surface area contributed by atoms with Crippen molar-refractivity contribution in [2.45, 2.75) is 23.7 Å². The van der Waals surface area contributed by atoms with E-state index in [0.29, 0.717) is 25.5 Å². The molecule has 0 radical (unpaired) electrons. The third-order valence-electron chi connectivity index (χ3n) is 6.13. The molecule has 7 heteroatoms. The predicted octanol–water partition coefficient (Wildman–Crippen LogP) is 4.59. The largest absolute Gasteiger partial charge is 0.369 e. The van der Waals surface area contributed by atoms with E-state index in [2.05, 4.69) is 51.8 Å². The second-order valence-electron chi connectivity index (χ2n) is 8.12. The van der Waals surface area contributed by atoms with Crippen LogP contribution in [0.15, 0.2) is 84.0 Å². The van der Waals surface area contributed by atoms with Gasteiger partial charge in [0.2, 0.25) is 10.0 Å². The molecule has 2 aromatic heterocycles. The fraction of sp³-hybridized carbons (Fsp3) is 0.240. The van der Waals surface area contributed by atoms with E-state index in [4.69, 9.17) is 0 Å². The Morgan fingerprint density at radius 1 is 0.969 bits per heavy atom. The number of fused-ring (bicyclic) bond motifs is 1. The lowest BCUT2D eigenvalue weighted by molar-refractivity contribution is 0.477. The summed E-state index contributed by atoms with van der Waals surface area (Å²) in [5.74, 6) is 0.772. The van der Waals surface area contributed by atoms with Crippen LogP contribution in [0.4, 0.5) is 5.82 Å². The number of hydrogen-bond acceptors (Lipinski definition) is 4. The van der Waals surface area contributed by atoms with Crippen molar-refractivity contribution in [3.8, 4) is 0 Å². The zero-order valence-corrected chi connectivity index (χ0v) is 18.6. The van der Waals surface area contributed by atoms with Gasteiger partial charge in [0.1, 0.15) is 10.7 Å². The molecule has 164 valence electrons. The van der Waals surface area contributed by atoms with Crippen molar-refractivity contribution in [1.29, 1.82) is 0 Å². The van der Waals surface area contributed by atoms with E-state index in [1.165, 1.54) is 22.7 Å². The molecular weight excluding hydrogens is 420 g/mol. The van der Waals surface area contributed by atoms with Gasteiger partial charge >= 0.3 is 0 Å². The Kier molecular flexibility index (Phi) is 5.68. The van der Waals surface area contributed by atoms with Crippen LogP contribution in [0.1, 0.15) is 29.9 Å². The van der Waals surface area contributed by atoms with Crippen molar-refractivity contribution < 1.29 is 8.42 Å². The monoisotopic (exact) mass is 446 g/mol. The maximum atomic E-state index is 12.7. The summed E-state index contributed by atoms with van der Waals surface area (Å²) in [6.45, 7) is 1.81. The number of aromatic amines is 1. The predicted molar refractivity (Wildman–Crippen MR) is 127 cm³/mol. The van der Waals surface area contributed by atoms with Crippen LogP contribution in [0.5, 0.6) is 0 Å². The molecule has 1 fully saturated rings. The van der Waals surface area contributed by atoms with E-state index in [1.54, 1.807) is 16.4 Å². The summed E-state index contributed by atoms with van der Waals surface area (Å²) in [5.41, 5.74) is 3.53. The molecule has 0 saturated carbocycles. The van der Waals surface area contributed by atoms with Crippen LogP contribution < -0.4 is 5.32 Å². The molecule has 5 rings (SSSR count). The Morgan fingerprint density at radius 2 is 1.72 bits per heavy atom. The van der Waals surface area contributed by atoms with Gasteiger partial charge in [-0.3, -0.25) is 0 Å². The van der Waals surface area contributed by atoms with Gasteiger partial charge in [-0.2, -0.15) is 4.31 Å². The molecule has 0 unspecified atom stereocenters. The van der Waals surface area contributed by atoms with Crippen molar-refractivity contribution in [3.63, 3.8) is 0 Å². The lowest BCUT2D eigenvalue weighted by atomic mass is 9.91. The number of H-pyrrole nitrogens is 1. The molecule has 6 nitrogen and oxygen atoms in total. The fourth-order valence-corrected chi connectivity index (χ4v) is 5.86. The average Bonchev–Trinajstić information content (AvgIpc) is 3.52. The van der Waals surface area contributed by atoms with Crippen LogP contribution in [0.3, 0.4) is 0 Å². The molecule has 2 aromatic carbocycles. The highest BCUT2D eigenvalue weighted by Crippen LogP contribution is 2.31. The number of pyridine rings is 1. The Morgan fingerprint density at radius 3 is 2.47 bits per heavy atom. The number of benzene rings is 2. The molecule has 1 aliphatic heterocycles. The molecule has 2 N–H and O–H groups in total. The van der Waals surface area contributed by atoms with Gasteiger partial charge in [0.25, 0.3) is 0 Å². The minimum absolute atomic E-state index is 0.113. The third kappa shape index (κ3) is 4.01. The smallest absolute Gasteiger partial charge is 0.244 e. The van der Waals surface area contributed by atoms with Crippen LogP contribution >= 0.6 is 0 Å². The molecule has 1 atom stereocenters. The van der Waals surface area contributed by atoms with Crippen molar-refractivity contribution in [2.24, 2.45) is 0 Å². The number of anilines is 1. The zero-order valence-electron chi connectivity index (χ0n) is 17.7. The third-order valence-corrected chi connectivity index (χ3v) is 8.01. The quantitative estimate of drug-likeness (QED) is 0.435. The van der Waals surface area contributed by atoms with Crippen molar-refractivity contribution in [2.75, 3.05) is 25.0 Å². The van der Waals surface area contributed by atoms with Gasteiger partial charge in [0.05, 0.1) is 0 Å². The summed E-state index contributed by atoms with van der Waals surface area (Å²) in [6, 6.07) is 22.1. The number of rotatable bonds is 7. The van der Waals surface area contributed by atoms with Crippen LogP contribution in [-0.2, 0) is 10.0 Å². The van der Waals surface area contributed by atoms with Crippen molar-refractivity contribution in [1.82, 2.24) is 14.3 Å². The number of hydrogen-bond donors (Lipinski definition) is 2. The van der Waals surface area contributed by atoms with E-state index < -0.39 is 10.0 Å². The average molecular weight is 447 g/mol. The Bertz CT molecular complexity index is 1290. The number of nitrogens with zero attached hydrogens (tertiary/aromatic N) is 2. The first-order valence-electron chi connectivity index (χ1n) is 10.9.